The zero-order valence-corrected chi connectivity index (χ0v) is 20.5. The van der Waals surface area contributed by atoms with Crippen LogP contribution >= 0.6 is 0 Å². The van der Waals surface area contributed by atoms with Crippen molar-refractivity contribution in [2.75, 3.05) is 47.4 Å². The largest absolute Gasteiger partial charge is 0.419 e. The molecule has 0 bridgehead atoms. The van der Waals surface area contributed by atoms with E-state index in [4.69, 9.17) is 15.0 Å². The third-order valence-electron chi connectivity index (χ3n) is 6.90. The quantitative estimate of drug-likeness (QED) is 0.505. The van der Waals surface area contributed by atoms with Gasteiger partial charge < -0.3 is 14.7 Å². The lowest BCUT2D eigenvalue weighted by molar-refractivity contribution is -0.137. The Kier molecular flexibility index (Phi) is 6.68. The van der Waals surface area contributed by atoms with Crippen LogP contribution in [0.2, 0.25) is 0 Å². The third kappa shape index (κ3) is 5.08. The van der Waals surface area contributed by atoms with Gasteiger partial charge in [0.2, 0.25) is 11.9 Å². The fourth-order valence-electron chi connectivity index (χ4n) is 4.92. The molecule has 2 aliphatic rings. The van der Waals surface area contributed by atoms with Gasteiger partial charge in [-0.3, -0.25) is 0 Å². The van der Waals surface area contributed by atoms with Crippen LogP contribution in [-0.4, -0.2) is 58.7 Å². The lowest BCUT2D eigenvalue weighted by Gasteiger charge is -2.37. The second-order valence-electron chi connectivity index (χ2n) is 9.51. The molecule has 4 heterocycles. The molecule has 190 valence electrons. The zero-order chi connectivity index (χ0) is 25.3. The lowest BCUT2D eigenvalue weighted by Crippen LogP contribution is -2.48. The van der Waals surface area contributed by atoms with E-state index in [0.29, 0.717) is 49.9 Å². The molecule has 2 fully saturated rings. The van der Waals surface area contributed by atoms with Crippen molar-refractivity contribution in [2.45, 2.75) is 45.3 Å². The predicted molar refractivity (Wildman–Crippen MR) is 134 cm³/mol. The normalized spacial score (nSPS) is 19.0. The van der Waals surface area contributed by atoms with Gasteiger partial charge in [-0.15, -0.1) is 0 Å². The summed E-state index contributed by atoms with van der Waals surface area (Å²) >= 11 is 0. The maximum Gasteiger partial charge on any atom is 0.419 e. The first-order valence-electron chi connectivity index (χ1n) is 12.4. The number of halogens is 3. The van der Waals surface area contributed by atoms with Crippen LogP contribution in [-0.2, 0) is 6.18 Å². The lowest BCUT2D eigenvalue weighted by atomic mass is 10.0. The summed E-state index contributed by atoms with van der Waals surface area (Å²) in [5.74, 6) is 1.81. The Labute approximate surface area is 209 Å². The van der Waals surface area contributed by atoms with Crippen molar-refractivity contribution in [1.29, 1.82) is 0 Å². The Hall–Kier alpha value is -3.43. The standard InChI is InChI=1S/C26H30F3N7/c1-18-7-5-9-20(17-18)22-31-24(33-25(32-22)36-12-4-3-8-19(36)2)35-15-13-34(14-16-35)23-21(26(27,28)29)10-6-11-30-23/h5-7,9-11,17,19H,3-4,8,12-16H2,1-2H3. The maximum absolute atomic E-state index is 13.5. The molecular weight excluding hydrogens is 467 g/mol. The van der Waals surface area contributed by atoms with Gasteiger partial charge in [-0.25, -0.2) is 4.98 Å². The van der Waals surface area contributed by atoms with Gasteiger partial charge in [0.15, 0.2) is 5.82 Å². The summed E-state index contributed by atoms with van der Waals surface area (Å²) in [6.45, 7) is 6.87. The first kappa shape index (κ1) is 24.3. The molecule has 2 aliphatic heterocycles. The Morgan fingerprint density at radius 3 is 2.33 bits per heavy atom. The van der Waals surface area contributed by atoms with E-state index in [1.165, 1.54) is 18.7 Å². The number of anilines is 3. The fourth-order valence-corrected chi connectivity index (χ4v) is 4.92. The van der Waals surface area contributed by atoms with Crippen molar-refractivity contribution in [3.63, 3.8) is 0 Å². The molecule has 2 saturated heterocycles. The van der Waals surface area contributed by atoms with Gasteiger partial charge in [0.1, 0.15) is 5.82 Å². The monoisotopic (exact) mass is 497 g/mol. The second-order valence-corrected chi connectivity index (χ2v) is 9.51. The van der Waals surface area contributed by atoms with Crippen LogP contribution in [0.1, 0.15) is 37.3 Å². The molecule has 10 heteroatoms. The highest BCUT2D eigenvalue weighted by molar-refractivity contribution is 5.60. The van der Waals surface area contributed by atoms with E-state index in [0.717, 1.165) is 36.6 Å². The number of rotatable bonds is 4. The van der Waals surface area contributed by atoms with Crippen molar-refractivity contribution in [1.82, 2.24) is 19.9 Å². The van der Waals surface area contributed by atoms with Crippen molar-refractivity contribution in [3.8, 4) is 11.4 Å². The smallest absolute Gasteiger partial charge is 0.353 e. The molecule has 7 nitrogen and oxygen atoms in total. The molecule has 0 radical (unpaired) electrons. The number of piperazine rings is 1. The molecule has 2 aromatic heterocycles. The molecule has 0 amide bonds. The Morgan fingerprint density at radius 1 is 0.861 bits per heavy atom. The van der Waals surface area contributed by atoms with Gasteiger partial charge >= 0.3 is 6.18 Å². The van der Waals surface area contributed by atoms with E-state index >= 15 is 0 Å². The third-order valence-corrected chi connectivity index (χ3v) is 6.90. The Morgan fingerprint density at radius 2 is 1.61 bits per heavy atom. The molecule has 3 aromatic rings. The summed E-state index contributed by atoms with van der Waals surface area (Å²) in [5.41, 5.74) is 1.33. The number of piperidine rings is 1. The van der Waals surface area contributed by atoms with E-state index in [-0.39, 0.29) is 5.82 Å². The molecule has 0 spiro atoms. The summed E-state index contributed by atoms with van der Waals surface area (Å²) in [6, 6.07) is 10.8. The molecule has 0 N–H and O–H groups in total. The van der Waals surface area contributed by atoms with Gasteiger partial charge in [-0.2, -0.15) is 28.1 Å². The van der Waals surface area contributed by atoms with Gasteiger partial charge in [0.25, 0.3) is 0 Å². The van der Waals surface area contributed by atoms with E-state index < -0.39 is 11.7 Å². The highest BCUT2D eigenvalue weighted by atomic mass is 19.4. The summed E-state index contributed by atoms with van der Waals surface area (Å²) in [4.78, 5) is 24.5. The van der Waals surface area contributed by atoms with E-state index in [2.05, 4.69) is 22.9 Å². The van der Waals surface area contributed by atoms with Crippen molar-refractivity contribution >= 4 is 17.7 Å². The fraction of sp³-hybridized carbons (Fsp3) is 0.462. The van der Waals surface area contributed by atoms with Gasteiger partial charge in [0.05, 0.1) is 5.56 Å². The van der Waals surface area contributed by atoms with E-state index in [1.54, 1.807) is 4.90 Å². The number of pyridine rings is 1. The average Bonchev–Trinajstić information content (AvgIpc) is 2.88. The van der Waals surface area contributed by atoms with Gasteiger partial charge in [0, 0.05) is 50.5 Å². The molecule has 0 saturated carbocycles. The van der Waals surface area contributed by atoms with Crippen molar-refractivity contribution in [3.05, 3.63) is 53.7 Å². The van der Waals surface area contributed by atoms with E-state index in [9.17, 15) is 13.2 Å². The molecule has 1 unspecified atom stereocenters. The topological polar surface area (TPSA) is 61.3 Å². The average molecular weight is 498 g/mol. The number of aromatic nitrogens is 4. The van der Waals surface area contributed by atoms with Gasteiger partial charge in [-0.05, 0) is 51.3 Å². The number of alkyl halides is 3. The Bertz CT molecular complexity index is 1210. The second kappa shape index (κ2) is 9.91. The molecule has 36 heavy (non-hydrogen) atoms. The van der Waals surface area contributed by atoms with Gasteiger partial charge in [-0.1, -0.05) is 23.8 Å². The summed E-state index contributed by atoms with van der Waals surface area (Å²) in [5, 5.41) is 0. The highest BCUT2D eigenvalue weighted by Gasteiger charge is 2.36. The van der Waals surface area contributed by atoms with Crippen LogP contribution in [0.4, 0.5) is 30.9 Å². The molecule has 1 aromatic carbocycles. The maximum atomic E-state index is 13.5. The minimum absolute atomic E-state index is 0.0245. The SMILES string of the molecule is Cc1cccc(-c2nc(N3CCN(c4ncccc4C(F)(F)F)CC3)nc(N3CCCCC3C)n2)c1. The van der Waals surface area contributed by atoms with Crippen LogP contribution in [0.25, 0.3) is 11.4 Å². The summed E-state index contributed by atoms with van der Waals surface area (Å²) in [7, 11) is 0. The molecule has 0 aliphatic carbocycles. The molecule has 5 rings (SSSR count). The summed E-state index contributed by atoms with van der Waals surface area (Å²) in [6.07, 6.45) is 0.330. The van der Waals surface area contributed by atoms with Crippen LogP contribution in [0, 0.1) is 6.92 Å². The number of aryl methyl sites for hydroxylation is 1. The van der Waals surface area contributed by atoms with Crippen LogP contribution in [0.3, 0.4) is 0 Å². The number of nitrogens with zero attached hydrogens (tertiary/aromatic N) is 7. The van der Waals surface area contributed by atoms with Crippen molar-refractivity contribution in [2.24, 2.45) is 0 Å². The van der Waals surface area contributed by atoms with Crippen LogP contribution in [0.15, 0.2) is 42.6 Å². The van der Waals surface area contributed by atoms with Crippen molar-refractivity contribution < 1.29 is 13.2 Å². The summed E-state index contributed by atoms with van der Waals surface area (Å²) < 4.78 is 40.6. The number of benzene rings is 1. The number of hydrogen-bond acceptors (Lipinski definition) is 7. The highest BCUT2D eigenvalue weighted by Crippen LogP contribution is 2.35. The molecule has 1 atom stereocenters. The first-order chi connectivity index (χ1) is 17.3. The van der Waals surface area contributed by atoms with Crippen LogP contribution in [0.5, 0.6) is 0 Å². The number of hydrogen-bond donors (Lipinski definition) is 0. The molecular formula is C26H30F3N7. The zero-order valence-electron chi connectivity index (χ0n) is 20.5. The minimum Gasteiger partial charge on any atom is -0.353 e. The Balaban J connectivity index is 1.43. The predicted octanol–water partition coefficient (Wildman–Crippen LogP) is 4.97. The first-order valence-corrected chi connectivity index (χ1v) is 12.4. The van der Waals surface area contributed by atoms with E-state index in [1.807, 2.05) is 30.0 Å². The minimum atomic E-state index is -4.45. The van der Waals surface area contributed by atoms with Crippen LogP contribution < -0.4 is 14.7 Å².